The predicted molar refractivity (Wildman–Crippen MR) is 117 cm³/mol. The van der Waals surface area contributed by atoms with E-state index in [1.54, 1.807) is 30.0 Å². The molecule has 30 heavy (non-hydrogen) atoms. The van der Waals surface area contributed by atoms with Gasteiger partial charge >= 0.3 is 0 Å². The van der Waals surface area contributed by atoms with Gasteiger partial charge in [0, 0.05) is 17.6 Å². The fourth-order valence-corrected chi connectivity index (χ4v) is 4.04. The number of halogens is 2. The molecule has 2 aromatic rings. The number of carbonyl (C=O) groups is 2. The van der Waals surface area contributed by atoms with Crippen molar-refractivity contribution in [1.29, 1.82) is 0 Å². The van der Waals surface area contributed by atoms with Crippen LogP contribution in [-0.2, 0) is 22.6 Å². The van der Waals surface area contributed by atoms with E-state index in [1.807, 2.05) is 18.2 Å². The van der Waals surface area contributed by atoms with Crippen molar-refractivity contribution in [2.24, 2.45) is 0 Å². The summed E-state index contributed by atoms with van der Waals surface area (Å²) in [5.41, 5.74) is 1.48. The van der Waals surface area contributed by atoms with E-state index in [-0.39, 0.29) is 36.6 Å². The van der Waals surface area contributed by atoms with Crippen LogP contribution in [0.4, 0.5) is 4.39 Å². The first-order chi connectivity index (χ1) is 14.4. The maximum atomic E-state index is 13.2. The van der Waals surface area contributed by atoms with Gasteiger partial charge in [-0.3, -0.25) is 9.59 Å². The van der Waals surface area contributed by atoms with Gasteiger partial charge in [-0.25, -0.2) is 4.39 Å². The van der Waals surface area contributed by atoms with Gasteiger partial charge in [-0.15, -0.1) is 0 Å². The lowest BCUT2D eigenvalue weighted by atomic mass is 9.95. The summed E-state index contributed by atoms with van der Waals surface area (Å²) in [6, 6.07) is 12.7. The molecular formula is C24H28ClFN2O2. The second-order valence-electron chi connectivity index (χ2n) is 7.94. The van der Waals surface area contributed by atoms with Crippen molar-refractivity contribution < 1.29 is 14.0 Å². The monoisotopic (exact) mass is 430 g/mol. The fourth-order valence-electron chi connectivity index (χ4n) is 3.84. The number of hydrogen-bond acceptors (Lipinski definition) is 2. The van der Waals surface area contributed by atoms with E-state index in [4.69, 9.17) is 11.6 Å². The van der Waals surface area contributed by atoms with E-state index in [0.29, 0.717) is 10.6 Å². The van der Waals surface area contributed by atoms with Crippen molar-refractivity contribution in [3.63, 3.8) is 0 Å². The van der Waals surface area contributed by atoms with Crippen LogP contribution in [0.3, 0.4) is 0 Å². The minimum atomic E-state index is -0.642. The van der Waals surface area contributed by atoms with Crippen LogP contribution in [0.5, 0.6) is 0 Å². The zero-order valence-electron chi connectivity index (χ0n) is 17.2. The van der Waals surface area contributed by atoms with E-state index in [1.165, 1.54) is 18.6 Å². The molecule has 2 aromatic carbocycles. The highest BCUT2D eigenvalue weighted by atomic mass is 35.5. The van der Waals surface area contributed by atoms with Crippen molar-refractivity contribution in [3.8, 4) is 0 Å². The van der Waals surface area contributed by atoms with E-state index in [9.17, 15) is 14.0 Å². The third kappa shape index (κ3) is 6.05. The molecule has 1 aliphatic carbocycles. The van der Waals surface area contributed by atoms with Crippen LogP contribution in [-0.4, -0.2) is 28.8 Å². The molecule has 2 amide bonds. The van der Waals surface area contributed by atoms with Crippen molar-refractivity contribution >= 4 is 23.4 Å². The van der Waals surface area contributed by atoms with Crippen molar-refractivity contribution in [2.75, 3.05) is 0 Å². The van der Waals surface area contributed by atoms with E-state index in [0.717, 1.165) is 31.2 Å². The van der Waals surface area contributed by atoms with Crippen LogP contribution in [0.1, 0.15) is 50.2 Å². The SMILES string of the molecule is CC(C(=O)NC1CCCCC1)N(Cc1ccccc1Cl)C(=O)Cc1ccc(F)cc1. The minimum Gasteiger partial charge on any atom is -0.352 e. The smallest absolute Gasteiger partial charge is 0.242 e. The summed E-state index contributed by atoms with van der Waals surface area (Å²) in [5, 5.41) is 3.66. The molecule has 0 aliphatic heterocycles. The Morgan fingerprint density at radius 3 is 2.43 bits per heavy atom. The van der Waals surface area contributed by atoms with Crippen LogP contribution < -0.4 is 5.32 Å². The Kier molecular flexibility index (Phi) is 7.86. The summed E-state index contributed by atoms with van der Waals surface area (Å²) in [4.78, 5) is 27.7. The fraction of sp³-hybridized carbons (Fsp3) is 0.417. The number of amides is 2. The molecule has 1 fully saturated rings. The summed E-state index contributed by atoms with van der Waals surface area (Å²) in [6.07, 6.45) is 5.49. The summed E-state index contributed by atoms with van der Waals surface area (Å²) in [5.74, 6) is -0.700. The number of nitrogens with one attached hydrogen (secondary N) is 1. The lowest BCUT2D eigenvalue weighted by Crippen LogP contribution is -2.50. The second kappa shape index (κ2) is 10.6. The maximum Gasteiger partial charge on any atom is 0.242 e. The molecule has 0 aromatic heterocycles. The lowest BCUT2D eigenvalue weighted by molar-refractivity contribution is -0.140. The molecule has 0 heterocycles. The molecule has 160 valence electrons. The standard InChI is InChI=1S/C24H28ClFN2O2/c1-17(24(30)27-21-8-3-2-4-9-21)28(16-19-7-5-6-10-22(19)25)23(29)15-18-11-13-20(26)14-12-18/h5-7,10-14,17,21H,2-4,8-9,15-16H2,1H3,(H,27,30). The average molecular weight is 431 g/mol. The molecular weight excluding hydrogens is 403 g/mol. The lowest BCUT2D eigenvalue weighted by Gasteiger charge is -2.31. The van der Waals surface area contributed by atoms with Gasteiger partial charge in [-0.2, -0.15) is 0 Å². The Balaban J connectivity index is 1.76. The van der Waals surface area contributed by atoms with Gasteiger partial charge in [0.2, 0.25) is 11.8 Å². The highest BCUT2D eigenvalue weighted by molar-refractivity contribution is 6.31. The molecule has 1 saturated carbocycles. The number of nitrogens with zero attached hydrogens (tertiary/aromatic N) is 1. The molecule has 1 atom stereocenters. The highest BCUT2D eigenvalue weighted by Crippen LogP contribution is 2.21. The molecule has 0 saturated heterocycles. The van der Waals surface area contributed by atoms with Gasteiger partial charge in [0.05, 0.1) is 6.42 Å². The van der Waals surface area contributed by atoms with Gasteiger partial charge in [-0.05, 0) is 49.1 Å². The highest BCUT2D eigenvalue weighted by Gasteiger charge is 2.28. The van der Waals surface area contributed by atoms with Crippen LogP contribution in [0, 0.1) is 5.82 Å². The van der Waals surface area contributed by atoms with Gasteiger partial charge in [0.25, 0.3) is 0 Å². The molecule has 3 rings (SSSR count). The van der Waals surface area contributed by atoms with E-state index in [2.05, 4.69) is 5.32 Å². The van der Waals surface area contributed by atoms with E-state index < -0.39 is 6.04 Å². The Bertz CT molecular complexity index is 866. The summed E-state index contributed by atoms with van der Waals surface area (Å²) < 4.78 is 13.2. The van der Waals surface area contributed by atoms with E-state index >= 15 is 0 Å². The minimum absolute atomic E-state index is 0.0891. The quantitative estimate of drug-likeness (QED) is 0.680. The Morgan fingerprint density at radius 1 is 1.10 bits per heavy atom. The third-order valence-corrected chi connectivity index (χ3v) is 6.05. The Morgan fingerprint density at radius 2 is 1.77 bits per heavy atom. The third-order valence-electron chi connectivity index (χ3n) is 5.69. The number of benzene rings is 2. The van der Waals surface area contributed by atoms with Crippen LogP contribution >= 0.6 is 11.6 Å². The normalized spacial score (nSPS) is 15.4. The van der Waals surface area contributed by atoms with Gasteiger partial charge in [-0.1, -0.05) is 61.2 Å². The summed E-state index contributed by atoms with van der Waals surface area (Å²) >= 11 is 6.31. The number of hydrogen-bond donors (Lipinski definition) is 1. The number of carbonyl (C=O) groups excluding carboxylic acids is 2. The zero-order chi connectivity index (χ0) is 21.5. The maximum absolute atomic E-state index is 13.2. The molecule has 0 bridgehead atoms. The van der Waals surface area contributed by atoms with Crippen LogP contribution in [0.2, 0.25) is 5.02 Å². The van der Waals surface area contributed by atoms with Gasteiger partial charge in [0.1, 0.15) is 11.9 Å². The molecule has 6 heteroatoms. The van der Waals surface area contributed by atoms with Crippen molar-refractivity contribution in [3.05, 3.63) is 70.5 Å². The molecule has 0 radical (unpaired) electrons. The number of rotatable bonds is 7. The second-order valence-corrected chi connectivity index (χ2v) is 8.34. The van der Waals surface area contributed by atoms with Crippen molar-refractivity contribution in [1.82, 2.24) is 10.2 Å². The first-order valence-electron chi connectivity index (χ1n) is 10.5. The summed E-state index contributed by atoms with van der Waals surface area (Å²) in [7, 11) is 0. The van der Waals surface area contributed by atoms with Gasteiger partial charge in [0.15, 0.2) is 0 Å². The molecule has 1 aliphatic rings. The zero-order valence-corrected chi connectivity index (χ0v) is 18.0. The Hall–Kier alpha value is -2.40. The molecule has 0 spiro atoms. The predicted octanol–water partition coefficient (Wildman–Crippen LogP) is 4.89. The average Bonchev–Trinajstić information content (AvgIpc) is 2.75. The topological polar surface area (TPSA) is 49.4 Å². The molecule has 1 N–H and O–H groups in total. The largest absolute Gasteiger partial charge is 0.352 e. The molecule has 1 unspecified atom stereocenters. The first kappa shape index (κ1) is 22.3. The van der Waals surface area contributed by atoms with Crippen molar-refractivity contribution in [2.45, 2.75) is 64.1 Å². The van der Waals surface area contributed by atoms with Gasteiger partial charge < -0.3 is 10.2 Å². The van der Waals surface area contributed by atoms with Crippen LogP contribution in [0.15, 0.2) is 48.5 Å². The molecule has 4 nitrogen and oxygen atoms in total. The van der Waals surface area contributed by atoms with Crippen LogP contribution in [0.25, 0.3) is 0 Å². The Labute approximate surface area is 182 Å². The summed E-state index contributed by atoms with van der Waals surface area (Å²) in [6.45, 7) is 1.98. The first-order valence-corrected chi connectivity index (χ1v) is 10.9.